The van der Waals surface area contributed by atoms with Crippen molar-refractivity contribution in [1.82, 2.24) is 10.2 Å². The van der Waals surface area contributed by atoms with Crippen LogP contribution in [0.3, 0.4) is 0 Å². The van der Waals surface area contributed by atoms with Crippen molar-refractivity contribution >= 4 is 45.5 Å². The minimum absolute atomic E-state index is 0.120. The first kappa shape index (κ1) is 19.8. The van der Waals surface area contributed by atoms with E-state index in [-0.39, 0.29) is 27.2 Å². The Kier molecular flexibility index (Phi) is 5.61. The van der Waals surface area contributed by atoms with Gasteiger partial charge in [-0.15, -0.1) is 22.7 Å². The number of thiophene rings is 2. The van der Waals surface area contributed by atoms with E-state index in [9.17, 15) is 14.4 Å². The summed E-state index contributed by atoms with van der Waals surface area (Å²) in [5, 5.41) is 11.6. The third-order valence-electron chi connectivity index (χ3n) is 3.74. The molecule has 0 aliphatic rings. The maximum Gasteiger partial charge on any atom is 0.341 e. The Bertz CT molecular complexity index is 1030. The molecule has 8 nitrogen and oxygen atoms in total. The first-order valence-corrected chi connectivity index (χ1v) is 10.0. The van der Waals surface area contributed by atoms with E-state index in [2.05, 4.69) is 15.5 Å². The highest BCUT2D eigenvalue weighted by Crippen LogP contribution is 2.34. The van der Waals surface area contributed by atoms with Gasteiger partial charge < -0.3 is 15.8 Å². The smallest absolute Gasteiger partial charge is 0.341 e. The number of primary amides is 1. The fraction of sp³-hybridized carbons (Fsp3) is 0.222. The van der Waals surface area contributed by atoms with E-state index in [1.54, 1.807) is 26.8 Å². The number of amides is 2. The van der Waals surface area contributed by atoms with Gasteiger partial charge in [0.15, 0.2) is 5.69 Å². The molecule has 3 aromatic heterocycles. The van der Waals surface area contributed by atoms with Crippen LogP contribution in [0.15, 0.2) is 23.6 Å². The largest absolute Gasteiger partial charge is 0.459 e. The molecule has 4 N–H and O–H groups in total. The molecule has 0 saturated carbocycles. The number of ether oxygens (including phenoxy) is 1. The van der Waals surface area contributed by atoms with Crippen molar-refractivity contribution in [3.63, 3.8) is 0 Å². The van der Waals surface area contributed by atoms with E-state index in [0.717, 1.165) is 16.2 Å². The summed E-state index contributed by atoms with van der Waals surface area (Å²) < 4.78 is 5.24. The Morgan fingerprint density at radius 1 is 1.32 bits per heavy atom. The number of carbonyl (C=O) groups is 3. The summed E-state index contributed by atoms with van der Waals surface area (Å²) in [5.41, 5.74) is 6.74. The summed E-state index contributed by atoms with van der Waals surface area (Å²) in [6.07, 6.45) is -0.355. The monoisotopic (exact) mass is 418 g/mol. The third-order valence-corrected chi connectivity index (χ3v) is 5.87. The second-order valence-corrected chi connectivity index (χ2v) is 8.15. The molecule has 0 spiro atoms. The average Bonchev–Trinajstić information content (AvgIpc) is 3.33. The molecule has 0 saturated heterocycles. The number of H-pyrrole nitrogens is 1. The van der Waals surface area contributed by atoms with Crippen molar-refractivity contribution < 1.29 is 19.1 Å². The average molecular weight is 419 g/mol. The Hall–Kier alpha value is -2.98. The molecule has 0 aromatic carbocycles. The number of aromatic amines is 1. The molecular weight excluding hydrogens is 400 g/mol. The van der Waals surface area contributed by atoms with Crippen LogP contribution in [0.5, 0.6) is 0 Å². The van der Waals surface area contributed by atoms with Crippen LogP contribution in [0.4, 0.5) is 5.00 Å². The molecular formula is C18H18N4O4S2. The first-order chi connectivity index (χ1) is 13.3. The molecule has 3 aromatic rings. The molecule has 3 rings (SSSR count). The van der Waals surface area contributed by atoms with Crippen LogP contribution in [0.2, 0.25) is 0 Å². The Labute approximate surface area is 168 Å². The zero-order chi connectivity index (χ0) is 20.4. The van der Waals surface area contributed by atoms with Gasteiger partial charge in [-0.05, 0) is 43.8 Å². The minimum atomic E-state index is -0.679. The highest BCUT2D eigenvalue weighted by atomic mass is 32.1. The molecule has 0 fully saturated rings. The maximum absolute atomic E-state index is 12.6. The molecule has 28 heavy (non-hydrogen) atoms. The highest BCUT2D eigenvalue weighted by molar-refractivity contribution is 7.18. The lowest BCUT2D eigenvalue weighted by Crippen LogP contribution is -2.17. The second kappa shape index (κ2) is 7.95. The van der Waals surface area contributed by atoms with Crippen LogP contribution in [0.1, 0.15) is 49.9 Å². The lowest BCUT2D eigenvalue weighted by atomic mass is 10.1. The van der Waals surface area contributed by atoms with Crippen molar-refractivity contribution in [2.24, 2.45) is 5.73 Å². The number of hydrogen-bond donors (Lipinski definition) is 3. The minimum Gasteiger partial charge on any atom is -0.459 e. The van der Waals surface area contributed by atoms with Crippen molar-refractivity contribution in [3.05, 3.63) is 45.3 Å². The van der Waals surface area contributed by atoms with Gasteiger partial charge in [-0.2, -0.15) is 5.10 Å². The fourth-order valence-electron chi connectivity index (χ4n) is 2.52. The second-order valence-electron chi connectivity index (χ2n) is 6.18. The molecule has 0 aliphatic heterocycles. The number of aromatic nitrogens is 2. The fourth-order valence-corrected chi connectivity index (χ4v) is 4.25. The predicted molar refractivity (Wildman–Crippen MR) is 108 cm³/mol. The Morgan fingerprint density at radius 2 is 2.07 bits per heavy atom. The Balaban J connectivity index is 1.90. The molecule has 3 heterocycles. The van der Waals surface area contributed by atoms with Crippen molar-refractivity contribution in [2.45, 2.75) is 26.9 Å². The summed E-state index contributed by atoms with van der Waals surface area (Å²) in [6, 6.07) is 5.41. The number of nitrogens with one attached hydrogen (secondary N) is 2. The van der Waals surface area contributed by atoms with Crippen LogP contribution in [-0.2, 0) is 4.74 Å². The quantitative estimate of drug-likeness (QED) is 0.529. The third kappa shape index (κ3) is 3.97. The Morgan fingerprint density at radius 3 is 2.68 bits per heavy atom. The number of anilines is 1. The lowest BCUT2D eigenvalue weighted by Gasteiger charge is -2.10. The van der Waals surface area contributed by atoms with Gasteiger partial charge in [-0.3, -0.25) is 14.7 Å². The summed E-state index contributed by atoms with van der Waals surface area (Å²) in [7, 11) is 0. The predicted octanol–water partition coefficient (Wildman–Crippen LogP) is 3.42. The van der Waals surface area contributed by atoms with E-state index in [4.69, 9.17) is 10.5 Å². The van der Waals surface area contributed by atoms with Gasteiger partial charge in [0.25, 0.3) is 11.8 Å². The zero-order valence-electron chi connectivity index (χ0n) is 15.4. The normalized spacial score (nSPS) is 10.9. The highest BCUT2D eigenvalue weighted by Gasteiger charge is 2.27. The number of carbonyl (C=O) groups excluding carboxylic acids is 3. The van der Waals surface area contributed by atoms with Crippen LogP contribution in [-0.4, -0.2) is 34.1 Å². The van der Waals surface area contributed by atoms with Gasteiger partial charge in [0, 0.05) is 0 Å². The van der Waals surface area contributed by atoms with Crippen molar-refractivity contribution in [3.8, 4) is 10.6 Å². The van der Waals surface area contributed by atoms with Crippen LogP contribution in [0, 0.1) is 6.92 Å². The molecule has 10 heteroatoms. The number of nitrogens with two attached hydrogens (primary N) is 1. The molecule has 0 aliphatic carbocycles. The summed E-state index contributed by atoms with van der Waals surface area (Å²) >= 11 is 2.45. The number of esters is 1. The summed E-state index contributed by atoms with van der Waals surface area (Å²) in [4.78, 5) is 37.9. The number of rotatable bonds is 6. The van der Waals surface area contributed by atoms with Gasteiger partial charge in [0.05, 0.1) is 27.1 Å². The molecule has 2 amide bonds. The maximum atomic E-state index is 12.6. The van der Waals surface area contributed by atoms with E-state index in [1.165, 1.54) is 11.3 Å². The van der Waals surface area contributed by atoms with Crippen LogP contribution >= 0.6 is 22.7 Å². The van der Waals surface area contributed by atoms with Gasteiger partial charge in [0.2, 0.25) is 0 Å². The van der Waals surface area contributed by atoms with Gasteiger partial charge in [-0.1, -0.05) is 6.07 Å². The van der Waals surface area contributed by atoms with Crippen molar-refractivity contribution in [2.75, 3.05) is 5.32 Å². The summed E-state index contributed by atoms with van der Waals surface area (Å²) in [5.74, 6) is -1.83. The molecule has 0 unspecified atom stereocenters. The van der Waals surface area contributed by atoms with Crippen LogP contribution < -0.4 is 11.1 Å². The first-order valence-electron chi connectivity index (χ1n) is 8.32. The van der Waals surface area contributed by atoms with E-state index < -0.39 is 17.8 Å². The van der Waals surface area contributed by atoms with Gasteiger partial charge in [0.1, 0.15) is 5.00 Å². The lowest BCUT2D eigenvalue weighted by molar-refractivity contribution is 0.0379. The standard InChI is InChI=1S/C18H18N4O4S2/c1-8(2)26-18(25)13-9(3)14(15(19)23)28-17(13)20-16(24)11-7-10(21-22-11)12-5-4-6-27-12/h4-8H,1-3H3,(H2,19,23)(H,20,24)(H,21,22). The zero-order valence-corrected chi connectivity index (χ0v) is 17.0. The van der Waals surface area contributed by atoms with Crippen molar-refractivity contribution in [1.29, 1.82) is 0 Å². The topological polar surface area (TPSA) is 127 Å². The van der Waals surface area contributed by atoms with E-state index in [0.29, 0.717) is 11.3 Å². The summed E-state index contributed by atoms with van der Waals surface area (Å²) in [6.45, 7) is 5.01. The molecule has 0 bridgehead atoms. The van der Waals surface area contributed by atoms with Gasteiger partial charge in [-0.25, -0.2) is 4.79 Å². The van der Waals surface area contributed by atoms with Crippen LogP contribution in [0.25, 0.3) is 10.6 Å². The number of nitrogens with zero attached hydrogens (tertiary/aromatic N) is 1. The molecule has 0 atom stereocenters. The SMILES string of the molecule is Cc1c(C(N)=O)sc(NC(=O)c2cc(-c3cccs3)[nH]n2)c1C(=O)OC(C)C. The van der Waals surface area contributed by atoms with E-state index >= 15 is 0 Å². The van der Waals surface area contributed by atoms with E-state index in [1.807, 2.05) is 17.5 Å². The number of hydrogen-bond acceptors (Lipinski definition) is 7. The van der Waals surface area contributed by atoms with Gasteiger partial charge >= 0.3 is 5.97 Å². The molecule has 146 valence electrons. The molecule has 0 radical (unpaired) electrons.